The molecule has 0 aliphatic heterocycles. The Hall–Kier alpha value is -0.710. The van der Waals surface area contributed by atoms with Crippen molar-refractivity contribution in [2.45, 2.75) is 58.1 Å². The predicted molar refractivity (Wildman–Crippen MR) is 65.9 cm³/mol. The number of rotatable bonds is 5. The highest BCUT2D eigenvalue weighted by atomic mass is 35.5. The van der Waals surface area contributed by atoms with Crippen molar-refractivity contribution in [2.24, 2.45) is 0 Å². The van der Waals surface area contributed by atoms with Gasteiger partial charge in [-0.05, 0) is 26.7 Å². The molecule has 1 unspecified atom stereocenters. The van der Waals surface area contributed by atoms with Gasteiger partial charge in [-0.15, -0.1) is 11.6 Å². The van der Waals surface area contributed by atoms with Crippen LogP contribution in [0.4, 0.5) is 13.2 Å². The lowest BCUT2D eigenvalue weighted by Crippen LogP contribution is -2.10. The minimum atomic E-state index is -4.10. The van der Waals surface area contributed by atoms with Gasteiger partial charge in [-0.25, -0.2) is 0 Å². The summed E-state index contributed by atoms with van der Waals surface area (Å²) in [5.41, 5.74) is 2.63. The standard InChI is InChI=1S/C12H18ClF3N2/c1-4-10(13)11-8(2)17-18(9(11)3)7-5-6-12(14,15)16/h10H,4-7H2,1-3H3. The number of nitrogens with zero attached hydrogens (tertiary/aromatic N) is 2. The van der Waals surface area contributed by atoms with Crippen molar-refractivity contribution in [3.8, 4) is 0 Å². The zero-order valence-electron chi connectivity index (χ0n) is 10.8. The first-order valence-corrected chi connectivity index (χ1v) is 6.44. The van der Waals surface area contributed by atoms with Crippen LogP contribution in [0.1, 0.15) is 48.5 Å². The molecule has 0 amide bonds. The molecule has 1 aromatic rings. The van der Waals surface area contributed by atoms with Crippen molar-refractivity contribution in [1.82, 2.24) is 9.78 Å². The van der Waals surface area contributed by atoms with Gasteiger partial charge in [0, 0.05) is 24.2 Å². The molecule has 0 bridgehead atoms. The highest BCUT2D eigenvalue weighted by molar-refractivity contribution is 6.20. The Kier molecular flexibility index (Phi) is 5.08. The normalized spacial score (nSPS) is 13.9. The van der Waals surface area contributed by atoms with Crippen LogP contribution in [0.15, 0.2) is 0 Å². The number of hydrogen-bond donors (Lipinski definition) is 0. The molecule has 0 spiro atoms. The molecule has 2 nitrogen and oxygen atoms in total. The fourth-order valence-electron chi connectivity index (χ4n) is 2.02. The van der Waals surface area contributed by atoms with Crippen LogP contribution in [-0.2, 0) is 6.54 Å². The lowest BCUT2D eigenvalue weighted by Gasteiger charge is -2.09. The van der Waals surface area contributed by atoms with Crippen LogP contribution in [0.2, 0.25) is 0 Å². The van der Waals surface area contributed by atoms with Gasteiger partial charge >= 0.3 is 6.18 Å². The molecule has 0 N–H and O–H groups in total. The molecule has 0 saturated heterocycles. The summed E-state index contributed by atoms with van der Waals surface area (Å²) in [5, 5.41) is 4.14. The molecule has 0 aliphatic rings. The van der Waals surface area contributed by atoms with E-state index in [0.29, 0.717) is 0 Å². The summed E-state index contributed by atoms with van der Waals surface area (Å²) >= 11 is 6.19. The third-order valence-electron chi connectivity index (χ3n) is 2.94. The summed E-state index contributed by atoms with van der Waals surface area (Å²) in [6.07, 6.45) is -4.06. The molecule has 0 aromatic carbocycles. The molecular formula is C12H18ClF3N2. The zero-order chi connectivity index (χ0) is 13.9. The molecule has 0 aliphatic carbocycles. The van der Waals surface area contributed by atoms with E-state index in [-0.39, 0.29) is 18.3 Å². The van der Waals surface area contributed by atoms with Crippen molar-refractivity contribution in [3.63, 3.8) is 0 Å². The maximum atomic E-state index is 12.1. The van der Waals surface area contributed by atoms with E-state index in [1.165, 1.54) is 0 Å². The predicted octanol–water partition coefficient (Wildman–Crippen LogP) is 4.53. The highest BCUT2D eigenvalue weighted by Crippen LogP contribution is 2.30. The Balaban J connectivity index is 2.74. The Labute approximate surface area is 110 Å². The van der Waals surface area contributed by atoms with Gasteiger partial charge in [0.15, 0.2) is 0 Å². The summed E-state index contributed by atoms with van der Waals surface area (Å²) in [4.78, 5) is 0. The molecule has 1 rings (SSSR count). The molecular weight excluding hydrogens is 265 g/mol. The monoisotopic (exact) mass is 282 g/mol. The minimum Gasteiger partial charge on any atom is -0.269 e. The van der Waals surface area contributed by atoms with Gasteiger partial charge in [0.05, 0.1) is 11.1 Å². The minimum absolute atomic E-state index is 0.0456. The van der Waals surface area contributed by atoms with Gasteiger partial charge in [-0.1, -0.05) is 6.92 Å². The van der Waals surface area contributed by atoms with E-state index in [0.717, 1.165) is 23.4 Å². The summed E-state index contributed by atoms with van der Waals surface area (Å²) in [6.45, 7) is 5.94. The highest BCUT2D eigenvalue weighted by Gasteiger charge is 2.26. The SMILES string of the molecule is CCC(Cl)c1c(C)nn(CCCC(F)(F)F)c1C. The van der Waals surface area contributed by atoms with Crippen LogP contribution < -0.4 is 0 Å². The van der Waals surface area contributed by atoms with Crippen LogP contribution in [0.25, 0.3) is 0 Å². The van der Waals surface area contributed by atoms with E-state index < -0.39 is 12.6 Å². The summed E-state index contributed by atoms with van der Waals surface area (Å²) in [7, 11) is 0. The van der Waals surface area contributed by atoms with Gasteiger partial charge in [0.25, 0.3) is 0 Å². The second-order valence-electron chi connectivity index (χ2n) is 4.40. The van der Waals surface area contributed by atoms with Crippen molar-refractivity contribution >= 4 is 11.6 Å². The van der Waals surface area contributed by atoms with E-state index in [9.17, 15) is 13.2 Å². The molecule has 0 radical (unpaired) electrons. The quantitative estimate of drug-likeness (QED) is 0.725. The van der Waals surface area contributed by atoms with Crippen molar-refractivity contribution < 1.29 is 13.2 Å². The van der Waals surface area contributed by atoms with E-state index >= 15 is 0 Å². The summed E-state index contributed by atoms with van der Waals surface area (Å²) in [6, 6.07) is 0. The van der Waals surface area contributed by atoms with E-state index in [4.69, 9.17) is 11.6 Å². The smallest absolute Gasteiger partial charge is 0.269 e. The van der Waals surface area contributed by atoms with E-state index in [1.807, 2.05) is 20.8 Å². The summed E-state index contributed by atoms with van der Waals surface area (Å²) < 4.78 is 37.9. The van der Waals surface area contributed by atoms with Crippen molar-refractivity contribution in [3.05, 3.63) is 17.0 Å². The van der Waals surface area contributed by atoms with Crippen LogP contribution in [0, 0.1) is 13.8 Å². The van der Waals surface area contributed by atoms with Gasteiger partial charge in [0.1, 0.15) is 0 Å². The molecule has 104 valence electrons. The zero-order valence-corrected chi connectivity index (χ0v) is 11.6. The van der Waals surface area contributed by atoms with Crippen LogP contribution in [-0.4, -0.2) is 16.0 Å². The van der Waals surface area contributed by atoms with Crippen LogP contribution >= 0.6 is 11.6 Å². The lowest BCUT2D eigenvalue weighted by atomic mass is 10.1. The third kappa shape index (κ3) is 3.90. The fraction of sp³-hybridized carbons (Fsp3) is 0.750. The molecule has 0 fully saturated rings. The molecule has 18 heavy (non-hydrogen) atoms. The van der Waals surface area contributed by atoms with Gasteiger partial charge in [-0.3, -0.25) is 4.68 Å². The molecule has 6 heteroatoms. The van der Waals surface area contributed by atoms with E-state index in [1.54, 1.807) is 4.68 Å². The number of hydrogen-bond acceptors (Lipinski definition) is 1. The molecule has 1 heterocycles. The Morgan fingerprint density at radius 3 is 2.44 bits per heavy atom. The number of aryl methyl sites for hydroxylation is 2. The topological polar surface area (TPSA) is 17.8 Å². The Bertz CT molecular complexity index is 399. The number of alkyl halides is 4. The van der Waals surface area contributed by atoms with Crippen LogP contribution in [0.3, 0.4) is 0 Å². The maximum Gasteiger partial charge on any atom is 0.389 e. The third-order valence-corrected chi connectivity index (χ3v) is 3.47. The maximum absolute atomic E-state index is 12.1. The van der Waals surface area contributed by atoms with Crippen LogP contribution in [0.5, 0.6) is 0 Å². The average molecular weight is 283 g/mol. The lowest BCUT2D eigenvalue weighted by molar-refractivity contribution is -0.136. The average Bonchev–Trinajstić information content (AvgIpc) is 2.52. The first-order valence-electron chi connectivity index (χ1n) is 6.01. The Morgan fingerprint density at radius 1 is 1.33 bits per heavy atom. The molecule has 1 aromatic heterocycles. The first kappa shape index (κ1) is 15.3. The first-order chi connectivity index (χ1) is 8.26. The van der Waals surface area contributed by atoms with Gasteiger partial charge in [-0.2, -0.15) is 18.3 Å². The molecule has 1 atom stereocenters. The Morgan fingerprint density at radius 2 is 1.94 bits per heavy atom. The van der Waals surface area contributed by atoms with Crippen molar-refractivity contribution in [1.29, 1.82) is 0 Å². The van der Waals surface area contributed by atoms with Gasteiger partial charge in [0.2, 0.25) is 0 Å². The second-order valence-corrected chi connectivity index (χ2v) is 4.93. The van der Waals surface area contributed by atoms with Gasteiger partial charge < -0.3 is 0 Å². The largest absolute Gasteiger partial charge is 0.389 e. The summed E-state index contributed by atoms with van der Waals surface area (Å²) in [5.74, 6) is 0. The van der Waals surface area contributed by atoms with Crippen molar-refractivity contribution in [2.75, 3.05) is 0 Å². The number of aromatic nitrogens is 2. The van der Waals surface area contributed by atoms with E-state index in [2.05, 4.69) is 5.10 Å². The second kappa shape index (κ2) is 5.95. The fourth-order valence-corrected chi connectivity index (χ4v) is 2.33. The molecule has 0 saturated carbocycles. The number of halogens is 4.